The van der Waals surface area contributed by atoms with Gasteiger partial charge in [0.15, 0.2) is 0 Å². The molecule has 0 spiro atoms. The summed E-state index contributed by atoms with van der Waals surface area (Å²) in [6.07, 6.45) is 5.03. The first-order valence-corrected chi connectivity index (χ1v) is 12.2. The number of alkyl halides is 1. The van der Waals surface area contributed by atoms with E-state index < -0.39 is 6.17 Å². The van der Waals surface area contributed by atoms with E-state index in [0.29, 0.717) is 25.1 Å². The molecule has 1 N–H and O–H groups in total. The van der Waals surface area contributed by atoms with Crippen molar-refractivity contribution in [3.05, 3.63) is 64.7 Å². The minimum absolute atomic E-state index is 0.0412. The number of halogens is 1. The molecule has 3 atom stereocenters. The number of fused-ring (bicyclic) bond motifs is 1. The first-order chi connectivity index (χ1) is 16.1. The van der Waals surface area contributed by atoms with Crippen LogP contribution in [-0.4, -0.2) is 55.4 Å². The van der Waals surface area contributed by atoms with Gasteiger partial charge in [-0.25, -0.2) is 4.39 Å². The molecule has 0 aromatic heterocycles. The van der Waals surface area contributed by atoms with Crippen molar-refractivity contribution in [2.75, 3.05) is 26.3 Å². The van der Waals surface area contributed by atoms with E-state index in [-0.39, 0.29) is 18.1 Å². The Kier molecular flexibility index (Phi) is 6.93. The number of aryl methyl sites for hydroxylation is 1. The highest BCUT2D eigenvalue weighted by Gasteiger charge is 2.24. The van der Waals surface area contributed by atoms with Crippen molar-refractivity contribution in [3.63, 3.8) is 0 Å². The molecular weight excluding hydrogens is 419 g/mol. The van der Waals surface area contributed by atoms with Gasteiger partial charge in [-0.1, -0.05) is 18.2 Å². The number of carbonyl (C=O) groups is 1. The lowest BCUT2D eigenvalue weighted by Crippen LogP contribution is -2.38. The number of carbonyl (C=O) groups excluding carboxylic acids is 1. The van der Waals surface area contributed by atoms with Crippen LogP contribution >= 0.6 is 0 Å². The predicted octanol–water partition coefficient (Wildman–Crippen LogP) is 4.08. The number of rotatable bonds is 7. The van der Waals surface area contributed by atoms with Gasteiger partial charge in [0.05, 0.1) is 6.10 Å². The first kappa shape index (κ1) is 22.4. The van der Waals surface area contributed by atoms with Crippen LogP contribution in [0.3, 0.4) is 0 Å². The van der Waals surface area contributed by atoms with Crippen LogP contribution in [0.25, 0.3) is 0 Å². The second kappa shape index (κ2) is 10.2. The SMILES string of the molecule is O=C(N[C@H]1CCc2cc(CN3CC[C@H](F)C3)ccc2C1)c1ccc(OC[C@@H]2CCCO2)cc1. The standard InChI is InChI=1S/C27H33FN2O3/c28-23-11-12-30(17-23)16-19-3-4-22-15-24(8-5-21(22)14-19)29-27(31)20-6-9-25(10-7-20)33-18-26-2-1-13-32-26/h3-4,6-7,9-10,14,23-24,26H,1-2,5,8,11-13,15-18H2,(H,29,31)/t23-,24-,26-/m0/s1. The smallest absolute Gasteiger partial charge is 0.251 e. The number of nitrogens with one attached hydrogen (secondary N) is 1. The molecule has 5 rings (SSSR count). The van der Waals surface area contributed by atoms with Crippen molar-refractivity contribution < 1.29 is 18.7 Å². The predicted molar refractivity (Wildman–Crippen MR) is 125 cm³/mol. The molecule has 0 radical (unpaired) electrons. The maximum absolute atomic E-state index is 13.4. The Bertz CT molecular complexity index is 958. The van der Waals surface area contributed by atoms with Crippen LogP contribution in [0.5, 0.6) is 5.75 Å². The summed E-state index contributed by atoms with van der Waals surface area (Å²) in [5, 5.41) is 3.20. The molecule has 0 unspecified atom stereocenters. The maximum Gasteiger partial charge on any atom is 0.251 e. The quantitative estimate of drug-likeness (QED) is 0.688. The second-order valence-electron chi connectivity index (χ2n) is 9.61. The number of nitrogens with zero attached hydrogens (tertiary/aromatic N) is 1. The monoisotopic (exact) mass is 452 g/mol. The van der Waals surface area contributed by atoms with Crippen LogP contribution in [0.15, 0.2) is 42.5 Å². The van der Waals surface area contributed by atoms with Gasteiger partial charge >= 0.3 is 0 Å². The van der Waals surface area contributed by atoms with Crippen LogP contribution in [0.4, 0.5) is 4.39 Å². The number of ether oxygens (including phenoxy) is 2. The van der Waals surface area contributed by atoms with Crippen molar-refractivity contribution in [3.8, 4) is 5.75 Å². The van der Waals surface area contributed by atoms with E-state index in [2.05, 4.69) is 28.4 Å². The zero-order chi connectivity index (χ0) is 22.6. The summed E-state index contributed by atoms with van der Waals surface area (Å²) < 4.78 is 24.8. The van der Waals surface area contributed by atoms with Crippen molar-refractivity contribution >= 4 is 5.91 Å². The summed E-state index contributed by atoms with van der Waals surface area (Å²) in [5.41, 5.74) is 4.57. The highest BCUT2D eigenvalue weighted by Crippen LogP contribution is 2.25. The first-order valence-electron chi connectivity index (χ1n) is 12.2. The third-order valence-corrected chi connectivity index (χ3v) is 7.03. The van der Waals surface area contributed by atoms with Crippen molar-refractivity contribution in [2.45, 2.75) is 63.4 Å². The number of amides is 1. The lowest BCUT2D eigenvalue weighted by Gasteiger charge is -2.26. The number of hydrogen-bond acceptors (Lipinski definition) is 4. The van der Waals surface area contributed by atoms with Crippen LogP contribution < -0.4 is 10.1 Å². The van der Waals surface area contributed by atoms with E-state index >= 15 is 0 Å². The van der Waals surface area contributed by atoms with Crippen LogP contribution in [0.1, 0.15) is 52.7 Å². The second-order valence-corrected chi connectivity index (χ2v) is 9.61. The third-order valence-electron chi connectivity index (χ3n) is 7.03. The fraction of sp³-hybridized carbons (Fsp3) is 0.519. The van der Waals surface area contributed by atoms with Gasteiger partial charge in [0.25, 0.3) is 5.91 Å². The van der Waals surface area contributed by atoms with E-state index in [1.54, 1.807) is 0 Å². The molecule has 1 aliphatic carbocycles. The Morgan fingerprint density at radius 2 is 2.00 bits per heavy atom. The van der Waals surface area contributed by atoms with Gasteiger partial charge in [-0.05, 0) is 79.5 Å². The van der Waals surface area contributed by atoms with Gasteiger partial charge < -0.3 is 14.8 Å². The molecule has 6 heteroatoms. The molecule has 1 amide bonds. The van der Waals surface area contributed by atoms with Crippen molar-refractivity contribution in [1.29, 1.82) is 0 Å². The average Bonchev–Trinajstić information content (AvgIpc) is 3.50. The Morgan fingerprint density at radius 3 is 2.76 bits per heavy atom. The van der Waals surface area contributed by atoms with Gasteiger partial charge in [0, 0.05) is 37.8 Å². The van der Waals surface area contributed by atoms with E-state index in [1.807, 2.05) is 24.3 Å². The number of benzene rings is 2. The fourth-order valence-corrected chi connectivity index (χ4v) is 5.15. The molecular formula is C27H33FN2O3. The fourth-order valence-electron chi connectivity index (χ4n) is 5.15. The molecule has 0 saturated carbocycles. The summed E-state index contributed by atoms with van der Waals surface area (Å²) in [6, 6.07) is 14.1. The highest BCUT2D eigenvalue weighted by atomic mass is 19.1. The third kappa shape index (κ3) is 5.74. The topological polar surface area (TPSA) is 50.8 Å². The Labute approximate surface area is 195 Å². The summed E-state index contributed by atoms with van der Waals surface area (Å²) in [6.45, 7) is 3.59. The lowest BCUT2D eigenvalue weighted by molar-refractivity contribution is 0.0679. The van der Waals surface area contributed by atoms with Crippen molar-refractivity contribution in [2.24, 2.45) is 0 Å². The molecule has 2 saturated heterocycles. The lowest BCUT2D eigenvalue weighted by atomic mass is 9.87. The molecule has 2 heterocycles. The number of hydrogen-bond donors (Lipinski definition) is 1. The van der Waals surface area contributed by atoms with Crippen LogP contribution in [0.2, 0.25) is 0 Å². The Balaban J connectivity index is 1.12. The molecule has 2 aromatic rings. The largest absolute Gasteiger partial charge is 0.491 e. The van der Waals surface area contributed by atoms with E-state index in [4.69, 9.17) is 9.47 Å². The molecule has 176 valence electrons. The summed E-state index contributed by atoms with van der Waals surface area (Å²) in [7, 11) is 0. The minimum atomic E-state index is -0.678. The average molecular weight is 453 g/mol. The zero-order valence-electron chi connectivity index (χ0n) is 19.1. The molecule has 5 nitrogen and oxygen atoms in total. The van der Waals surface area contributed by atoms with Crippen LogP contribution in [0, 0.1) is 0 Å². The molecule has 2 aliphatic heterocycles. The van der Waals surface area contributed by atoms with Gasteiger partial charge in [0.1, 0.15) is 18.5 Å². The normalized spacial score (nSPS) is 25.1. The summed E-state index contributed by atoms with van der Waals surface area (Å²) in [4.78, 5) is 15.0. The minimum Gasteiger partial charge on any atom is -0.491 e. The van der Waals surface area contributed by atoms with E-state index in [0.717, 1.165) is 57.6 Å². The Hall–Kier alpha value is -2.44. The molecule has 2 fully saturated rings. The maximum atomic E-state index is 13.4. The van der Waals surface area contributed by atoms with Gasteiger partial charge in [-0.15, -0.1) is 0 Å². The van der Waals surface area contributed by atoms with E-state index in [1.165, 1.54) is 16.7 Å². The van der Waals surface area contributed by atoms with Crippen LogP contribution in [-0.2, 0) is 24.1 Å². The highest BCUT2D eigenvalue weighted by molar-refractivity contribution is 5.94. The Morgan fingerprint density at radius 1 is 1.12 bits per heavy atom. The summed E-state index contributed by atoms with van der Waals surface area (Å²) >= 11 is 0. The van der Waals surface area contributed by atoms with Gasteiger partial charge in [0.2, 0.25) is 0 Å². The van der Waals surface area contributed by atoms with Gasteiger partial charge in [-0.2, -0.15) is 0 Å². The molecule has 3 aliphatic rings. The van der Waals surface area contributed by atoms with E-state index in [9.17, 15) is 9.18 Å². The zero-order valence-corrected chi connectivity index (χ0v) is 19.1. The number of likely N-dealkylation sites (tertiary alicyclic amines) is 1. The van der Waals surface area contributed by atoms with Crippen molar-refractivity contribution in [1.82, 2.24) is 10.2 Å². The van der Waals surface area contributed by atoms with Gasteiger partial charge in [-0.3, -0.25) is 9.69 Å². The summed E-state index contributed by atoms with van der Waals surface area (Å²) in [5.74, 6) is 0.723. The molecule has 2 aromatic carbocycles. The molecule has 0 bridgehead atoms. The molecule has 33 heavy (non-hydrogen) atoms.